The zero-order valence-corrected chi connectivity index (χ0v) is 10.4. The standard InChI is InChI=1S/C11H10BrF2NO2/c12-7-2-8(13)9(14)3-10(7)15-4-6(5-16)1-11(15)17/h2-3,6,16H,1,4-5H2. The molecule has 1 atom stereocenters. The van der Waals surface area contributed by atoms with E-state index in [9.17, 15) is 13.6 Å². The molecule has 1 fully saturated rings. The molecule has 0 bridgehead atoms. The van der Waals surface area contributed by atoms with E-state index >= 15 is 0 Å². The first-order chi connectivity index (χ1) is 8.02. The Morgan fingerprint density at radius 2 is 2.06 bits per heavy atom. The molecule has 6 heteroatoms. The van der Waals surface area contributed by atoms with Crippen molar-refractivity contribution >= 4 is 27.5 Å². The topological polar surface area (TPSA) is 40.5 Å². The largest absolute Gasteiger partial charge is 0.396 e. The van der Waals surface area contributed by atoms with Gasteiger partial charge in [-0.05, 0) is 22.0 Å². The van der Waals surface area contributed by atoms with Crippen molar-refractivity contribution in [2.75, 3.05) is 18.1 Å². The SMILES string of the molecule is O=C1CC(CO)CN1c1cc(F)c(F)cc1Br. The van der Waals surface area contributed by atoms with Crippen molar-refractivity contribution in [3.63, 3.8) is 0 Å². The molecule has 1 saturated heterocycles. The maximum absolute atomic E-state index is 13.1. The highest BCUT2D eigenvalue weighted by molar-refractivity contribution is 9.10. The van der Waals surface area contributed by atoms with Crippen molar-refractivity contribution in [3.8, 4) is 0 Å². The number of hydrogen-bond acceptors (Lipinski definition) is 2. The number of nitrogens with zero attached hydrogens (tertiary/aromatic N) is 1. The lowest BCUT2D eigenvalue weighted by Gasteiger charge is -2.18. The molecule has 92 valence electrons. The van der Waals surface area contributed by atoms with Crippen LogP contribution in [0, 0.1) is 17.6 Å². The number of anilines is 1. The Hall–Kier alpha value is -1.01. The van der Waals surface area contributed by atoms with Gasteiger partial charge in [0.25, 0.3) is 0 Å². The van der Waals surface area contributed by atoms with Crippen LogP contribution in [0.1, 0.15) is 6.42 Å². The molecular weight excluding hydrogens is 296 g/mol. The summed E-state index contributed by atoms with van der Waals surface area (Å²) in [7, 11) is 0. The summed E-state index contributed by atoms with van der Waals surface area (Å²) in [6.07, 6.45) is 0.224. The first-order valence-corrected chi connectivity index (χ1v) is 5.88. The molecular formula is C11H10BrF2NO2. The second-order valence-electron chi connectivity index (χ2n) is 3.97. The highest BCUT2D eigenvalue weighted by Crippen LogP contribution is 2.33. The minimum atomic E-state index is -0.997. The quantitative estimate of drug-likeness (QED) is 0.850. The molecule has 1 amide bonds. The van der Waals surface area contributed by atoms with Crippen molar-refractivity contribution in [2.45, 2.75) is 6.42 Å². The zero-order chi connectivity index (χ0) is 12.6. The van der Waals surface area contributed by atoms with Crippen LogP contribution in [-0.2, 0) is 4.79 Å². The van der Waals surface area contributed by atoms with Gasteiger partial charge < -0.3 is 10.0 Å². The molecule has 0 aromatic heterocycles. The molecule has 0 saturated carbocycles. The molecule has 3 nitrogen and oxygen atoms in total. The van der Waals surface area contributed by atoms with E-state index in [-0.39, 0.29) is 24.9 Å². The van der Waals surface area contributed by atoms with Crippen molar-refractivity contribution in [1.29, 1.82) is 0 Å². The van der Waals surface area contributed by atoms with Gasteiger partial charge in [0.15, 0.2) is 11.6 Å². The number of rotatable bonds is 2. The maximum Gasteiger partial charge on any atom is 0.227 e. The third-order valence-electron chi connectivity index (χ3n) is 2.74. The highest BCUT2D eigenvalue weighted by atomic mass is 79.9. The lowest BCUT2D eigenvalue weighted by atomic mass is 10.1. The van der Waals surface area contributed by atoms with E-state index in [2.05, 4.69) is 15.9 Å². The third-order valence-corrected chi connectivity index (χ3v) is 3.38. The minimum Gasteiger partial charge on any atom is -0.396 e. The second-order valence-corrected chi connectivity index (χ2v) is 4.83. The average molecular weight is 306 g/mol. The molecule has 1 aliphatic heterocycles. The molecule has 0 aliphatic carbocycles. The fraction of sp³-hybridized carbons (Fsp3) is 0.364. The Balaban J connectivity index is 2.35. The van der Waals surface area contributed by atoms with Crippen LogP contribution < -0.4 is 4.90 Å². The number of carbonyl (C=O) groups excluding carboxylic acids is 1. The fourth-order valence-electron chi connectivity index (χ4n) is 1.86. The normalized spacial score (nSPS) is 20.1. The van der Waals surface area contributed by atoms with Gasteiger partial charge in [-0.2, -0.15) is 0 Å². The van der Waals surface area contributed by atoms with E-state index in [1.54, 1.807) is 0 Å². The second kappa shape index (κ2) is 4.70. The van der Waals surface area contributed by atoms with E-state index in [4.69, 9.17) is 5.11 Å². The molecule has 0 radical (unpaired) electrons. The highest BCUT2D eigenvalue weighted by Gasteiger charge is 2.31. The smallest absolute Gasteiger partial charge is 0.227 e. The van der Waals surface area contributed by atoms with Crippen molar-refractivity contribution in [1.82, 2.24) is 0 Å². The molecule has 1 unspecified atom stereocenters. The molecule has 1 N–H and O–H groups in total. The van der Waals surface area contributed by atoms with Gasteiger partial charge in [-0.3, -0.25) is 4.79 Å². The summed E-state index contributed by atoms with van der Waals surface area (Å²) in [6, 6.07) is 1.97. The summed E-state index contributed by atoms with van der Waals surface area (Å²) in [5, 5.41) is 8.99. The summed E-state index contributed by atoms with van der Waals surface area (Å²) < 4.78 is 26.4. The van der Waals surface area contributed by atoms with E-state index in [1.165, 1.54) is 4.90 Å². The molecule has 0 spiro atoms. The first kappa shape index (κ1) is 12.4. The van der Waals surface area contributed by atoms with Gasteiger partial charge in [-0.25, -0.2) is 8.78 Å². The van der Waals surface area contributed by atoms with Crippen LogP contribution in [0.4, 0.5) is 14.5 Å². The number of carbonyl (C=O) groups is 1. The van der Waals surface area contributed by atoms with Crippen molar-refractivity contribution < 1.29 is 18.7 Å². The first-order valence-electron chi connectivity index (χ1n) is 5.08. The Labute approximate surface area is 105 Å². The number of benzene rings is 1. The summed E-state index contributed by atoms with van der Waals surface area (Å²) in [5.41, 5.74) is 0.296. The Morgan fingerprint density at radius 1 is 1.41 bits per heavy atom. The molecule has 1 aromatic carbocycles. The van der Waals surface area contributed by atoms with Gasteiger partial charge in [0, 0.05) is 36.0 Å². The Morgan fingerprint density at radius 3 is 2.65 bits per heavy atom. The molecule has 1 aliphatic rings. The summed E-state index contributed by atoms with van der Waals surface area (Å²) >= 11 is 3.10. The average Bonchev–Trinajstić information content (AvgIpc) is 2.65. The maximum atomic E-state index is 13.1. The van der Waals surface area contributed by atoms with Gasteiger partial charge >= 0.3 is 0 Å². The van der Waals surface area contributed by atoms with Crippen LogP contribution in [-0.4, -0.2) is 24.2 Å². The molecule has 17 heavy (non-hydrogen) atoms. The van der Waals surface area contributed by atoms with Gasteiger partial charge in [0.2, 0.25) is 5.91 Å². The number of aliphatic hydroxyl groups is 1. The van der Waals surface area contributed by atoms with Crippen LogP contribution in [0.3, 0.4) is 0 Å². The van der Waals surface area contributed by atoms with E-state index in [0.29, 0.717) is 16.7 Å². The Kier molecular flexibility index (Phi) is 3.44. The van der Waals surface area contributed by atoms with Gasteiger partial charge in [0.1, 0.15) is 0 Å². The molecule has 2 rings (SSSR count). The monoisotopic (exact) mass is 305 g/mol. The van der Waals surface area contributed by atoms with Crippen LogP contribution >= 0.6 is 15.9 Å². The predicted molar refractivity (Wildman–Crippen MR) is 61.6 cm³/mol. The number of aliphatic hydroxyl groups excluding tert-OH is 1. The van der Waals surface area contributed by atoms with Crippen LogP contribution in [0.5, 0.6) is 0 Å². The third kappa shape index (κ3) is 2.32. The summed E-state index contributed by atoms with van der Waals surface area (Å²) in [6.45, 7) is 0.225. The number of hydrogen-bond donors (Lipinski definition) is 1. The van der Waals surface area contributed by atoms with Crippen LogP contribution in [0.2, 0.25) is 0 Å². The summed E-state index contributed by atoms with van der Waals surface area (Å²) in [4.78, 5) is 13.0. The van der Waals surface area contributed by atoms with Crippen LogP contribution in [0.25, 0.3) is 0 Å². The van der Waals surface area contributed by atoms with Gasteiger partial charge in [0.05, 0.1) is 5.69 Å². The Bertz CT molecular complexity index is 467. The van der Waals surface area contributed by atoms with Gasteiger partial charge in [-0.15, -0.1) is 0 Å². The van der Waals surface area contributed by atoms with E-state index < -0.39 is 11.6 Å². The molecule has 1 aromatic rings. The predicted octanol–water partition coefficient (Wildman–Crippen LogP) is 2.07. The lowest BCUT2D eigenvalue weighted by molar-refractivity contribution is -0.117. The zero-order valence-electron chi connectivity index (χ0n) is 8.79. The van der Waals surface area contributed by atoms with Crippen molar-refractivity contribution in [3.05, 3.63) is 28.2 Å². The number of amides is 1. The van der Waals surface area contributed by atoms with Crippen molar-refractivity contribution in [2.24, 2.45) is 5.92 Å². The minimum absolute atomic E-state index is 0.0937. The number of halogens is 3. The molecule has 1 heterocycles. The van der Waals surface area contributed by atoms with Gasteiger partial charge in [-0.1, -0.05) is 0 Å². The lowest BCUT2D eigenvalue weighted by Crippen LogP contribution is -2.25. The van der Waals surface area contributed by atoms with E-state index in [0.717, 1.165) is 12.1 Å². The fourth-order valence-corrected chi connectivity index (χ4v) is 2.39. The summed E-state index contributed by atoms with van der Waals surface area (Å²) in [5.74, 6) is -2.31. The van der Waals surface area contributed by atoms with E-state index in [1.807, 2.05) is 0 Å². The van der Waals surface area contributed by atoms with Crippen LogP contribution in [0.15, 0.2) is 16.6 Å².